The van der Waals surface area contributed by atoms with Gasteiger partial charge in [-0.15, -0.1) is 0 Å². The second-order valence-electron chi connectivity index (χ2n) is 6.19. The Balaban J connectivity index is 1.46. The number of carbonyl (C=O) groups is 1. The molecule has 0 saturated carbocycles. The van der Waals surface area contributed by atoms with Gasteiger partial charge in [0, 0.05) is 18.2 Å². The van der Waals surface area contributed by atoms with E-state index in [4.69, 9.17) is 4.42 Å². The van der Waals surface area contributed by atoms with E-state index in [0.29, 0.717) is 23.6 Å². The summed E-state index contributed by atoms with van der Waals surface area (Å²) in [5.74, 6) is 0.467. The van der Waals surface area contributed by atoms with Crippen LogP contribution in [0.5, 0.6) is 0 Å². The molecule has 0 saturated heterocycles. The highest BCUT2D eigenvalue weighted by Gasteiger charge is 2.08. The Labute approximate surface area is 157 Å². The summed E-state index contributed by atoms with van der Waals surface area (Å²) in [6.45, 7) is 0. The highest BCUT2D eigenvalue weighted by molar-refractivity contribution is 6.02. The third kappa shape index (κ3) is 4.30. The van der Waals surface area contributed by atoms with E-state index in [0.717, 1.165) is 16.6 Å². The number of rotatable bonds is 5. The van der Waals surface area contributed by atoms with Crippen molar-refractivity contribution in [2.75, 3.05) is 5.32 Å². The molecule has 1 N–H and O–H groups in total. The summed E-state index contributed by atoms with van der Waals surface area (Å²) in [6, 6.07) is 25.2. The molecular weight excluding hydrogens is 336 g/mol. The average molecular weight is 354 g/mol. The van der Waals surface area contributed by atoms with Crippen molar-refractivity contribution in [1.82, 2.24) is 4.98 Å². The van der Waals surface area contributed by atoms with E-state index in [1.54, 1.807) is 6.08 Å². The van der Waals surface area contributed by atoms with Crippen LogP contribution in [0.1, 0.15) is 17.0 Å². The Morgan fingerprint density at radius 1 is 0.963 bits per heavy atom. The van der Waals surface area contributed by atoms with Gasteiger partial charge in [0.2, 0.25) is 5.91 Å². The molecular formula is C23H18N2O2. The van der Waals surface area contributed by atoms with Gasteiger partial charge in [0.05, 0.1) is 0 Å². The Kier molecular flexibility index (Phi) is 4.79. The summed E-state index contributed by atoms with van der Waals surface area (Å²) in [7, 11) is 0. The fourth-order valence-electron chi connectivity index (χ4n) is 2.82. The predicted molar refractivity (Wildman–Crippen MR) is 107 cm³/mol. The number of nitrogens with one attached hydrogen (secondary N) is 1. The third-order valence-electron chi connectivity index (χ3n) is 4.12. The van der Waals surface area contributed by atoms with Crippen LogP contribution in [0.2, 0.25) is 0 Å². The van der Waals surface area contributed by atoms with E-state index >= 15 is 0 Å². The lowest BCUT2D eigenvalue weighted by Gasteiger charge is -2.01. The molecule has 3 aromatic carbocycles. The number of benzene rings is 3. The molecule has 0 spiro atoms. The van der Waals surface area contributed by atoms with Crippen LogP contribution in [-0.2, 0) is 11.2 Å². The molecule has 1 aromatic heterocycles. The number of carbonyl (C=O) groups excluding carboxylic acids is 1. The van der Waals surface area contributed by atoms with Gasteiger partial charge in [-0.3, -0.25) is 4.79 Å². The van der Waals surface area contributed by atoms with Crippen LogP contribution in [-0.4, -0.2) is 10.9 Å². The molecule has 0 bridgehead atoms. The molecule has 0 aliphatic carbocycles. The summed E-state index contributed by atoms with van der Waals surface area (Å²) in [5, 5.41) is 2.86. The minimum atomic E-state index is -0.189. The number of anilines is 1. The maximum atomic E-state index is 12.1. The van der Waals surface area contributed by atoms with Gasteiger partial charge in [-0.1, -0.05) is 60.7 Å². The lowest BCUT2D eigenvalue weighted by molar-refractivity contribution is -0.111. The molecule has 0 atom stereocenters. The standard InChI is InChI=1S/C23H18N2O2/c26-22(14-11-17-7-3-1-4-8-17)24-19-12-13-21-20(16-19)25-23(27-21)15-18-9-5-2-6-10-18/h1-14,16H,15H2,(H,24,26)/b14-11+. The second-order valence-corrected chi connectivity index (χ2v) is 6.19. The van der Waals surface area contributed by atoms with Gasteiger partial charge in [-0.25, -0.2) is 4.98 Å². The smallest absolute Gasteiger partial charge is 0.248 e. The van der Waals surface area contributed by atoms with Crippen molar-refractivity contribution >= 4 is 28.8 Å². The number of oxazole rings is 1. The summed E-state index contributed by atoms with van der Waals surface area (Å²) in [4.78, 5) is 16.7. The number of hydrogen-bond acceptors (Lipinski definition) is 3. The summed E-state index contributed by atoms with van der Waals surface area (Å²) in [5.41, 5.74) is 4.24. The third-order valence-corrected chi connectivity index (χ3v) is 4.12. The van der Waals surface area contributed by atoms with Gasteiger partial charge in [0.15, 0.2) is 11.5 Å². The molecule has 4 aromatic rings. The van der Waals surface area contributed by atoms with Crippen molar-refractivity contribution in [3.05, 3.63) is 102 Å². The van der Waals surface area contributed by atoms with E-state index in [-0.39, 0.29) is 5.91 Å². The Morgan fingerprint density at radius 3 is 2.48 bits per heavy atom. The predicted octanol–water partition coefficient (Wildman–Crippen LogP) is 5.07. The number of aromatic nitrogens is 1. The molecule has 27 heavy (non-hydrogen) atoms. The highest BCUT2D eigenvalue weighted by atomic mass is 16.3. The van der Waals surface area contributed by atoms with E-state index in [9.17, 15) is 4.79 Å². The molecule has 4 nitrogen and oxygen atoms in total. The first-order valence-corrected chi connectivity index (χ1v) is 8.74. The van der Waals surface area contributed by atoms with Crippen molar-refractivity contribution in [1.29, 1.82) is 0 Å². The molecule has 132 valence electrons. The summed E-state index contributed by atoms with van der Waals surface area (Å²) in [6.07, 6.45) is 3.93. The zero-order chi connectivity index (χ0) is 18.5. The van der Waals surface area contributed by atoms with Gasteiger partial charge in [-0.05, 0) is 35.4 Å². The topological polar surface area (TPSA) is 55.1 Å². The largest absolute Gasteiger partial charge is 0.440 e. The van der Waals surface area contributed by atoms with E-state index < -0.39 is 0 Å². The van der Waals surface area contributed by atoms with E-state index in [1.165, 1.54) is 6.08 Å². The van der Waals surface area contributed by atoms with Gasteiger partial charge in [0.25, 0.3) is 0 Å². The number of amides is 1. The zero-order valence-corrected chi connectivity index (χ0v) is 14.6. The summed E-state index contributed by atoms with van der Waals surface area (Å²) >= 11 is 0. The average Bonchev–Trinajstić information content (AvgIpc) is 3.09. The van der Waals surface area contributed by atoms with Gasteiger partial charge in [-0.2, -0.15) is 0 Å². The first kappa shape index (κ1) is 16.8. The zero-order valence-electron chi connectivity index (χ0n) is 14.6. The number of fused-ring (bicyclic) bond motifs is 1. The molecule has 1 amide bonds. The van der Waals surface area contributed by atoms with Crippen LogP contribution in [0.25, 0.3) is 17.2 Å². The van der Waals surface area contributed by atoms with Crippen LogP contribution < -0.4 is 5.32 Å². The molecule has 0 fully saturated rings. The molecule has 0 radical (unpaired) electrons. The SMILES string of the molecule is O=C(/C=C/c1ccccc1)Nc1ccc2oc(Cc3ccccc3)nc2c1. The van der Waals surface area contributed by atoms with Crippen LogP contribution in [0.15, 0.2) is 89.4 Å². The normalized spacial score (nSPS) is 11.1. The molecule has 1 heterocycles. The summed E-state index contributed by atoms with van der Waals surface area (Å²) < 4.78 is 5.80. The molecule has 4 heteroatoms. The van der Waals surface area contributed by atoms with Crippen LogP contribution in [0.4, 0.5) is 5.69 Å². The monoisotopic (exact) mass is 354 g/mol. The maximum Gasteiger partial charge on any atom is 0.248 e. The van der Waals surface area contributed by atoms with Gasteiger partial charge < -0.3 is 9.73 Å². The number of nitrogens with zero attached hydrogens (tertiary/aromatic N) is 1. The van der Waals surface area contributed by atoms with E-state index in [1.807, 2.05) is 78.9 Å². The first-order chi connectivity index (χ1) is 13.3. The quantitative estimate of drug-likeness (QED) is 0.509. The molecule has 0 aliphatic rings. The molecule has 0 unspecified atom stereocenters. The fourth-order valence-corrected chi connectivity index (χ4v) is 2.82. The van der Waals surface area contributed by atoms with Crippen LogP contribution >= 0.6 is 0 Å². The Morgan fingerprint density at radius 2 is 1.70 bits per heavy atom. The Bertz CT molecular complexity index is 1080. The van der Waals surface area contributed by atoms with E-state index in [2.05, 4.69) is 10.3 Å². The minimum absolute atomic E-state index is 0.189. The van der Waals surface area contributed by atoms with Crippen LogP contribution in [0, 0.1) is 0 Å². The van der Waals surface area contributed by atoms with Crippen LogP contribution in [0.3, 0.4) is 0 Å². The Hall–Kier alpha value is -3.66. The van der Waals surface area contributed by atoms with Crippen molar-refractivity contribution in [3.63, 3.8) is 0 Å². The lowest BCUT2D eigenvalue weighted by atomic mass is 10.1. The maximum absolute atomic E-state index is 12.1. The van der Waals surface area contributed by atoms with Crippen molar-refractivity contribution < 1.29 is 9.21 Å². The van der Waals surface area contributed by atoms with Gasteiger partial charge >= 0.3 is 0 Å². The fraction of sp³-hybridized carbons (Fsp3) is 0.0435. The van der Waals surface area contributed by atoms with Crippen molar-refractivity contribution in [2.45, 2.75) is 6.42 Å². The second kappa shape index (κ2) is 7.70. The molecule has 4 rings (SSSR count). The highest BCUT2D eigenvalue weighted by Crippen LogP contribution is 2.21. The van der Waals surface area contributed by atoms with Gasteiger partial charge in [0.1, 0.15) is 5.52 Å². The minimum Gasteiger partial charge on any atom is -0.440 e. The lowest BCUT2D eigenvalue weighted by Crippen LogP contribution is -2.07. The number of hydrogen-bond donors (Lipinski definition) is 1. The first-order valence-electron chi connectivity index (χ1n) is 8.74. The van der Waals surface area contributed by atoms with Crippen molar-refractivity contribution in [2.24, 2.45) is 0 Å². The molecule has 0 aliphatic heterocycles. The van der Waals surface area contributed by atoms with Crippen molar-refractivity contribution in [3.8, 4) is 0 Å².